The Hall–Kier alpha value is -2.90. The Morgan fingerprint density at radius 2 is 1.88 bits per heavy atom. The lowest BCUT2D eigenvalue weighted by Crippen LogP contribution is -2.46. The predicted molar refractivity (Wildman–Crippen MR) is 97.9 cm³/mol. The molecule has 140 valence electrons. The van der Waals surface area contributed by atoms with E-state index in [0.29, 0.717) is 5.69 Å². The van der Waals surface area contributed by atoms with Gasteiger partial charge in [0.1, 0.15) is 5.69 Å². The van der Waals surface area contributed by atoms with Gasteiger partial charge in [-0.25, -0.2) is 13.9 Å². The maximum absolute atomic E-state index is 14.4. The molecule has 0 fully saturated rings. The summed E-state index contributed by atoms with van der Waals surface area (Å²) in [4.78, 5) is 23.5. The van der Waals surface area contributed by atoms with Crippen LogP contribution in [0.3, 0.4) is 0 Å². The first-order chi connectivity index (χ1) is 12.0. The lowest BCUT2D eigenvalue weighted by atomic mass is 10.1. The van der Waals surface area contributed by atoms with Crippen molar-refractivity contribution in [3.63, 3.8) is 0 Å². The summed E-state index contributed by atoms with van der Waals surface area (Å²) < 4.78 is 15.9. The first-order valence-corrected chi connectivity index (χ1v) is 8.24. The smallest absolute Gasteiger partial charge is 0.319 e. The average Bonchev–Trinajstić information content (AvgIpc) is 2.82. The number of hydrogen-bond donors (Lipinski definition) is 3. The van der Waals surface area contributed by atoms with Gasteiger partial charge < -0.3 is 16.0 Å². The van der Waals surface area contributed by atoms with Crippen molar-refractivity contribution < 1.29 is 14.0 Å². The SMILES string of the molecule is Cc1cc(C)n(-c2ccc(NC(=O)NCC(=O)NC(C)(C)C)cc2F)n1. The lowest BCUT2D eigenvalue weighted by Gasteiger charge is -2.20. The van der Waals surface area contributed by atoms with Crippen LogP contribution < -0.4 is 16.0 Å². The van der Waals surface area contributed by atoms with Gasteiger partial charge in [-0.05, 0) is 58.9 Å². The van der Waals surface area contributed by atoms with Crippen LogP contribution in [0.25, 0.3) is 5.69 Å². The minimum atomic E-state index is -0.590. The van der Waals surface area contributed by atoms with Crippen LogP contribution in [0.2, 0.25) is 0 Å². The Morgan fingerprint density at radius 1 is 1.19 bits per heavy atom. The normalized spacial score (nSPS) is 11.2. The number of amides is 3. The molecule has 3 amide bonds. The molecule has 0 saturated heterocycles. The van der Waals surface area contributed by atoms with E-state index in [2.05, 4.69) is 21.0 Å². The minimum absolute atomic E-state index is 0.171. The number of nitrogens with zero attached hydrogens (tertiary/aromatic N) is 2. The van der Waals surface area contributed by atoms with Gasteiger partial charge in [-0.1, -0.05) is 0 Å². The summed E-state index contributed by atoms with van der Waals surface area (Å²) in [5, 5.41) is 11.9. The van der Waals surface area contributed by atoms with Crippen molar-refractivity contribution in [2.75, 3.05) is 11.9 Å². The minimum Gasteiger partial charge on any atom is -0.350 e. The highest BCUT2D eigenvalue weighted by molar-refractivity contribution is 5.92. The molecule has 7 nitrogen and oxygen atoms in total. The number of urea groups is 1. The molecule has 0 aliphatic rings. The third-order valence-electron chi connectivity index (χ3n) is 3.37. The number of carbonyl (C=O) groups is 2. The summed E-state index contributed by atoms with van der Waals surface area (Å²) in [6, 6.07) is 5.58. The lowest BCUT2D eigenvalue weighted by molar-refractivity contribution is -0.121. The second kappa shape index (κ2) is 7.55. The summed E-state index contributed by atoms with van der Waals surface area (Å²) in [6.45, 7) is 9.03. The van der Waals surface area contributed by atoms with Crippen LogP contribution in [-0.2, 0) is 4.79 Å². The number of carbonyl (C=O) groups excluding carboxylic acids is 2. The summed E-state index contributed by atoms with van der Waals surface area (Å²) in [6.07, 6.45) is 0. The quantitative estimate of drug-likeness (QED) is 0.782. The molecule has 0 bridgehead atoms. The Bertz CT molecular complexity index is 823. The van der Waals surface area contributed by atoms with Gasteiger partial charge >= 0.3 is 6.03 Å². The van der Waals surface area contributed by atoms with Gasteiger partial charge in [0.15, 0.2) is 5.82 Å². The van der Waals surface area contributed by atoms with Crippen LogP contribution in [0.4, 0.5) is 14.9 Å². The number of halogens is 1. The maximum atomic E-state index is 14.4. The maximum Gasteiger partial charge on any atom is 0.319 e. The third-order valence-corrected chi connectivity index (χ3v) is 3.37. The fourth-order valence-electron chi connectivity index (χ4n) is 2.43. The molecule has 0 unspecified atom stereocenters. The number of anilines is 1. The highest BCUT2D eigenvalue weighted by Gasteiger charge is 2.15. The van der Waals surface area contributed by atoms with E-state index < -0.39 is 11.8 Å². The molecule has 0 aliphatic carbocycles. The molecular formula is C18H24FN5O2. The van der Waals surface area contributed by atoms with Crippen molar-refractivity contribution in [3.05, 3.63) is 41.5 Å². The van der Waals surface area contributed by atoms with Crippen LogP contribution in [0.15, 0.2) is 24.3 Å². The van der Waals surface area contributed by atoms with Crippen molar-refractivity contribution in [1.82, 2.24) is 20.4 Å². The van der Waals surface area contributed by atoms with Crippen LogP contribution in [0.1, 0.15) is 32.2 Å². The molecule has 0 radical (unpaired) electrons. The molecule has 2 rings (SSSR count). The van der Waals surface area contributed by atoms with Crippen molar-refractivity contribution in [1.29, 1.82) is 0 Å². The topological polar surface area (TPSA) is 88.0 Å². The Labute approximate surface area is 152 Å². The number of hydrogen-bond acceptors (Lipinski definition) is 3. The van der Waals surface area contributed by atoms with Gasteiger partial charge in [0.05, 0.1) is 12.2 Å². The average molecular weight is 361 g/mol. The van der Waals surface area contributed by atoms with E-state index in [-0.39, 0.29) is 23.7 Å². The predicted octanol–water partition coefficient (Wildman–Crippen LogP) is 2.66. The van der Waals surface area contributed by atoms with E-state index in [0.717, 1.165) is 11.4 Å². The highest BCUT2D eigenvalue weighted by Crippen LogP contribution is 2.19. The molecule has 1 aromatic heterocycles. The van der Waals surface area contributed by atoms with E-state index in [9.17, 15) is 14.0 Å². The van der Waals surface area contributed by atoms with Crippen molar-refractivity contribution in [2.24, 2.45) is 0 Å². The zero-order valence-corrected chi connectivity index (χ0v) is 15.6. The molecule has 0 spiro atoms. The van der Waals surface area contributed by atoms with E-state index in [1.165, 1.54) is 16.8 Å². The van der Waals surface area contributed by atoms with Crippen molar-refractivity contribution in [2.45, 2.75) is 40.2 Å². The molecule has 0 atom stereocenters. The molecule has 2 aromatic rings. The first-order valence-electron chi connectivity index (χ1n) is 8.24. The highest BCUT2D eigenvalue weighted by atomic mass is 19.1. The van der Waals surface area contributed by atoms with Crippen LogP contribution in [0.5, 0.6) is 0 Å². The molecule has 8 heteroatoms. The largest absolute Gasteiger partial charge is 0.350 e. The second-order valence-electron chi connectivity index (χ2n) is 7.11. The zero-order valence-electron chi connectivity index (χ0n) is 15.6. The zero-order chi connectivity index (χ0) is 19.5. The van der Waals surface area contributed by atoms with E-state index in [1.807, 2.05) is 40.7 Å². The standard InChI is InChI=1S/C18H24FN5O2/c1-11-8-12(2)24(23-11)15-7-6-13(9-14(15)19)21-17(26)20-10-16(25)22-18(3,4)5/h6-9H,10H2,1-5H3,(H,22,25)(H2,20,21,26). The van der Waals surface area contributed by atoms with Gasteiger partial charge in [-0.15, -0.1) is 0 Å². The first kappa shape index (κ1) is 19.4. The molecule has 3 N–H and O–H groups in total. The number of aryl methyl sites for hydroxylation is 2. The summed E-state index contributed by atoms with van der Waals surface area (Å²) in [5.41, 5.74) is 1.80. The summed E-state index contributed by atoms with van der Waals surface area (Å²) in [7, 11) is 0. The summed E-state index contributed by atoms with van der Waals surface area (Å²) >= 11 is 0. The summed E-state index contributed by atoms with van der Waals surface area (Å²) in [5.74, 6) is -0.821. The van der Waals surface area contributed by atoms with Crippen molar-refractivity contribution in [3.8, 4) is 5.69 Å². The monoisotopic (exact) mass is 361 g/mol. The Kier molecular flexibility index (Phi) is 5.64. The molecule has 1 heterocycles. The Morgan fingerprint density at radius 3 is 2.42 bits per heavy atom. The molecule has 0 saturated carbocycles. The molecule has 26 heavy (non-hydrogen) atoms. The van der Waals surface area contributed by atoms with Gasteiger partial charge in [-0.2, -0.15) is 5.10 Å². The van der Waals surface area contributed by atoms with E-state index in [4.69, 9.17) is 0 Å². The van der Waals surface area contributed by atoms with Crippen LogP contribution >= 0.6 is 0 Å². The number of benzene rings is 1. The Balaban J connectivity index is 1.98. The number of rotatable bonds is 4. The molecule has 0 aliphatic heterocycles. The van der Waals surface area contributed by atoms with Gasteiger partial charge in [0.2, 0.25) is 5.91 Å². The van der Waals surface area contributed by atoms with Gasteiger partial charge in [0, 0.05) is 16.9 Å². The fourth-order valence-corrected chi connectivity index (χ4v) is 2.43. The fraction of sp³-hybridized carbons (Fsp3) is 0.389. The van der Waals surface area contributed by atoms with Gasteiger partial charge in [0.25, 0.3) is 0 Å². The number of aromatic nitrogens is 2. The van der Waals surface area contributed by atoms with E-state index >= 15 is 0 Å². The molecule has 1 aromatic carbocycles. The van der Waals surface area contributed by atoms with Gasteiger partial charge in [-0.3, -0.25) is 4.79 Å². The molecular weight excluding hydrogens is 337 g/mol. The van der Waals surface area contributed by atoms with Crippen LogP contribution in [0, 0.1) is 19.7 Å². The second-order valence-corrected chi connectivity index (χ2v) is 7.11. The third kappa shape index (κ3) is 5.30. The van der Waals surface area contributed by atoms with E-state index in [1.54, 1.807) is 6.07 Å². The van der Waals surface area contributed by atoms with Crippen LogP contribution in [-0.4, -0.2) is 33.8 Å². The van der Waals surface area contributed by atoms with Crippen molar-refractivity contribution >= 4 is 17.6 Å². The number of nitrogens with one attached hydrogen (secondary N) is 3.